The SMILES string of the molecule is COc1cc(-c2c(C#N)c(N)[nH+]c3c2CCCCC3)ccc1OCc1ccc(Cl)cc1. The number of nitriles is 1. The second kappa shape index (κ2) is 9.28. The van der Waals surface area contributed by atoms with Crippen molar-refractivity contribution >= 4 is 17.4 Å². The third-order valence-corrected chi connectivity index (χ3v) is 5.95. The molecule has 0 fully saturated rings. The Morgan fingerprint density at radius 1 is 1.06 bits per heavy atom. The fourth-order valence-corrected chi connectivity index (χ4v) is 4.25. The Balaban J connectivity index is 1.71. The number of hydrogen-bond donors (Lipinski definition) is 1. The molecule has 0 radical (unpaired) electrons. The molecule has 158 valence electrons. The quantitative estimate of drug-likeness (QED) is 0.564. The van der Waals surface area contributed by atoms with Crippen LogP contribution in [-0.2, 0) is 19.4 Å². The second-order valence-electron chi connectivity index (χ2n) is 7.70. The Morgan fingerprint density at radius 3 is 2.58 bits per heavy atom. The molecule has 1 aliphatic carbocycles. The molecule has 5 nitrogen and oxygen atoms in total. The van der Waals surface area contributed by atoms with Crippen molar-refractivity contribution in [1.82, 2.24) is 0 Å². The monoisotopic (exact) mass is 434 g/mol. The lowest BCUT2D eigenvalue weighted by atomic mass is 9.91. The number of pyridine rings is 1. The number of benzene rings is 2. The van der Waals surface area contributed by atoms with Crippen LogP contribution in [0.4, 0.5) is 5.82 Å². The molecular formula is C25H25ClN3O2+. The van der Waals surface area contributed by atoms with E-state index in [1.165, 1.54) is 12.0 Å². The Kier molecular flexibility index (Phi) is 6.29. The van der Waals surface area contributed by atoms with Gasteiger partial charge in [0.25, 0.3) is 5.82 Å². The minimum absolute atomic E-state index is 0.402. The number of nitrogen functional groups attached to an aromatic ring is 1. The van der Waals surface area contributed by atoms with Crippen LogP contribution in [0.3, 0.4) is 0 Å². The Bertz CT molecular complexity index is 1140. The van der Waals surface area contributed by atoms with Crippen LogP contribution in [0.1, 0.15) is 41.6 Å². The highest BCUT2D eigenvalue weighted by molar-refractivity contribution is 6.30. The van der Waals surface area contributed by atoms with Crippen molar-refractivity contribution in [2.24, 2.45) is 0 Å². The molecule has 0 amide bonds. The molecule has 0 saturated heterocycles. The first-order chi connectivity index (χ1) is 15.1. The maximum atomic E-state index is 9.83. The fourth-order valence-electron chi connectivity index (χ4n) is 4.13. The number of aromatic amines is 1. The Hall–Kier alpha value is -3.23. The maximum Gasteiger partial charge on any atom is 0.289 e. The van der Waals surface area contributed by atoms with E-state index >= 15 is 0 Å². The zero-order valence-electron chi connectivity index (χ0n) is 17.5. The van der Waals surface area contributed by atoms with Crippen molar-refractivity contribution in [3.63, 3.8) is 0 Å². The third kappa shape index (κ3) is 4.45. The van der Waals surface area contributed by atoms with Gasteiger partial charge in [-0.3, -0.25) is 5.73 Å². The highest BCUT2D eigenvalue weighted by Gasteiger charge is 2.25. The number of aryl methyl sites for hydroxylation is 1. The minimum atomic E-state index is 0.402. The van der Waals surface area contributed by atoms with E-state index in [1.807, 2.05) is 42.5 Å². The molecule has 4 rings (SSSR count). The van der Waals surface area contributed by atoms with E-state index in [1.54, 1.807) is 7.11 Å². The molecule has 31 heavy (non-hydrogen) atoms. The first kappa shape index (κ1) is 21.0. The minimum Gasteiger partial charge on any atom is -0.493 e. The van der Waals surface area contributed by atoms with Gasteiger partial charge in [-0.05, 0) is 54.7 Å². The van der Waals surface area contributed by atoms with Crippen LogP contribution in [-0.4, -0.2) is 7.11 Å². The van der Waals surface area contributed by atoms with Gasteiger partial charge in [-0.25, -0.2) is 4.98 Å². The van der Waals surface area contributed by atoms with Gasteiger partial charge in [0.05, 0.1) is 7.11 Å². The number of hydrogen-bond acceptors (Lipinski definition) is 4. The summed E-state index contributed by atoms with van der Waals surface area (Å²) in [6, 6.07) is 15.6. The zero-order valence-corrected chi connectivity index (χ0v) is 18.3. The van der Waals surface area contributed by atoms with E-state index in [0.717, 1.165) is 48.1 Å². The van der Waals surface area contributed by atoms with E-state index in [9.17, 15) is 5.26 Å². The summed E-state index contributed by atoms with van der Waals surface area (Å²) in [5, 5.41) is 10.5. The van der Waals surface area contributed by atoms with Crippen LogP contribution < -0.4 is 20.2 Å². The number of nitrogens with zero attached hydrogens (tertiary/aromatic N) is 1. The fraction of sp³-hybridized carbons (Fsp3) is 0.280. The van der Waals surface area contributed by atoms with Crippen molar-refractivity contribution in [2.75, 3.05) is 12.8 Å². The summed E-state index contributed by atoms with van der Waals surface area (Å²) < 4.78 is 11.6. The lowest BCUT2D eigenvalue weighted by molar-refractivity contribution is -0.373. The first-order valence-electron chi connectivity index (χ1n) is 10.4. The van der Waals surface area contributed by atoms with Crippen LogP contribution >= 0.6 is 11.6 Å². The van der Waals surface area contributed by atoms with Crippen molar-refractivity contribution < 1.29 is 14.5 Å². The molecule has 0 aliphatic heterocycles. The molecule has 1 aliphatic rings. The van der Waals surface area contributed by atoms with Crippen LogP contribution in [0, 0.1) is 11.3 Å². The Morgan fingerprint density at radius 2 is 1.84 bits per heavy atom. The standard InChI is InChI=1S/C25H24ClN3O2/c1-30-23-13-17(9-12-22(23)31-15-16-7-10-18(26)11-8-16)24-19-5-3-2-4-6-21(19)29-25(28)20(24)14-27/h7-13H,2-6,15H2,1H3,(H2,28,29)/p+1. The average Bonchev–Trinajstić information content (AvgIpc) is 3.03. The number of ether oxygens (including phenoxy) is 2. The van der Waals surface area contributed by atoms with Gasteiger partial charge >= 0.3 is 0 Å². The van der Waals surface area contributed by atoms with Gasteiger partial charge in [0.15, 0.2) is 11.5 Å². The molecule has 0 bridgehead atoms. The molecule has 0 atom stereocenters. The average molecular weight is 435 g/mol. The van der Waals surface area contributed by atoms with Gasteiger partial charge < -0.3 is 9.47 Å². The highest BCUT2D eigenvalue weighted by Crippen LogP contribution is 2.38. The Labute approximate surface area is 187 Å². The number of halogens is 1. The number of H-pyrrole nitrogens is 1. The molecule has 0 saturated carbocycles. The van der Waals surface area contributed by atoms with E-state index in [4.69, 9.17) is 26.8 Å². The van der Waals surface area contributed by atoms with Crippen LogP contribution in [0.25, 0.3) is 11.1 Å². The predicted molar refractivity (Wildman–Crippen MR) is 121 cm³/mol. The van der Waals surface area contributed by atoms with Crippen LogP contribution in [0.2, 0.25) is 5.02 Å². The number of methoxy groups -OCH3 is 1. The normalized spacial score (nSPS) is 13.1. The zero-order chi connectivity index (χ0) is 21.8. The summed E-state index contributed by atoms with van der Waals surface area (Å²) in [4.78, 5) is 3.27. The van der Waals surface area contributed by atoms with E-state index in [0.29, 0.717) is 34.5 Å². The van der Waals surface area contributed by atoms with Gasteiger partial charge in [-0.15, -0.1) is 0 Å². The first-order valence-corrected chi connectivity index (χ1v) is 10.8. The molecule has 3 N–H and O–H groups in total. The largest absolute Gasteiger partial charge is 0.493 e. The molecule has 2 aromatic carbocycles. The van der Waals surface area contributed by atoms with Gasteiger partial charge in [0, 0.05) is 22.6 Å². The molecule has 1 heterocycles. The van der Waals surface area contributed by atoms with Crippen molar-refractivity contribution in [1.29, 1.82) is 5.26 Å². The number of nitrogens with two attached hydrogens (primary N) is 1. The van der Waals surface area contributed by atoms with Gasteiger partial charge in [-0.2, -0.15) is 5.26 Å². The summed E-state index contributed by atoms with van der Waals surface area (Å²) in [6.45, 7) is 0.402. The van der Waals surface area contributed by atoms with E-state index < -0.39 is 0 Å². The summed E-state index contributed by atoms with van der Waals surface area (Å²) in [5.74, 6) is 1.67. The lowest BCUT2D eigenvalue weighted by Crippen LogP contribution is -2.21. The van der Waals surface area contributed by atoms with Crippen molar-refractivity contribution in [3.8, 4) is 28.7 Å². The van der Waals surface area contributed by atoms with Crippen LogP contribution in [0.5, 0.6) is 11.5 Å². The molecular weight excluding hydrogens is 410 g/mol. The smallest absolute Gasteiger partial charge is 0.289 e. The lowest BCUT2D eigenvalue weighted by Gasteiger charge is -2.16. The summed E-state index contributed by atoms with van der Waals surface area (Å²) in [7, 11) is 1.62. The number of anilines is 1. The summed E-state index contributed by atoms with van der Waals surface area (Å²) >= 11 is 5.95. The van der Waals surface area contributed by atoms with Crippen molar-refractivity contribution in [3.05, 3.63) is 69.9 Å². The van der Waals surface area contributed by atoms with E-state index in [2.05, 4.69) is 11.1 Å². The van der Waals surface area contributed by atoms with Gasteiger partial charge in [0.2, 0.25) is 0 Å². The predicted octanol–water partition coefficient (Wildman–Crippen LogP) is 5.13. The summed E-state index contributed by atoms with van der Waals surface area (Å²) in [6.07, 6.45) is 5.26. The number of nitrogens with one attached hydrogen (secondary N) is 1. The summed E-state index contributed by atoms with van der Waals surface area (Å²) in [5.41, 5.74) is 11.8. The second-order valence-corrected chi connectivity index (χ2v) is 8.14. The van der Waals surface area contributed by atoms with Crippen LogP contribution in [0.15, 0.2) is 42.5 Å². The molecule has 1 aromatic heterocycles. The number of fused-ring (bicyclic) bond motifs is 1. The van der Waals surface area contributed by atoms with Gasteiger partial charge in [0.1, 0.15) is 23.9 Å². The van der Waals surface area contributed by atoms with Crippen molar-refractivity contribution in [2.45, 2.75) is 38.7 Å². The maximum absolute atomic E-state index is 9.83. The van der Waals surface area contributed by atoms with E-state index in [-0.39, 0.29) is 0 Å². The molecule has 6 heteroatoms. The number of aromatic nitrogens is 1. The molecule has 0 spiro atoms. The third-order valence-electron chi connectivity index (χ3n) is 5.70. The molecule has 0 unspecified atom stereocenters. The van der Waals surface area contributed by atoms with Gasteiger partial charge in [-0.1, -0.05) is 36.2 Å². The highest BCUT2D eigenvalue weighted by atomic mass is 35.5. The topological polar surface area (TPSA) is 82.4 Å². The number of rotatable bonds is 5. The molecule has 3 aromatic rings.